The van der Waals surface area contributed by atoms with Crippen LogP contribution in [0.5, 0.6) is 0 Å². The lowest BCUT2D eigenvalue weighted by molar-refractivity contribution is 0.0118. The molecule has 0 aliphatic heterocycles. The van der Waals surface area contributed by atoms with Crippen molar-refractivity contribution in [2.75, 3.05) is 13.1 Å². The van der Waals surface area contributed by atoms with E-state index in [1.165, 1.54) is 24.9 Å². The molecule has 0 atom stereocenters. The van der Waals surface area contributed by atoms with Gasteiger partial charge in [0, 0.05) is 7.05 Å². The highest BCUT2D eigenvalue weighted by molar-refractivity contribution is 6.06. The Labute approximate surface area is 129 Å². The molecule has 0 saturated heterocycles. The lowest BCUT2D eigenvalue weighted by atomic mass is 10.1. The molecule has 2 aromatic rings. The van der Waals surface area contributed by atoms with Gasteiger partial charge in [0.25, 0.3) is 17.4 Å². The second kappa shape index (κ2) is 6.41. The molecule has 2 aromatic heterocycles. The SMILES string of the molecule is Cc1oc2ncn(C)c(=O)c2c1C(=O)NCC(F)(F)CN.Cl. The van der Waals surface area contributed by atoms with Crippen LogP contribution in [-0.2, 0) is 7.05 Å². The molecule has 0 unspecified atom stereocenters. The minimum Gasteiger partial charge on any atom is -0.442 e. The summed E-state index contributed by atoms with van der Waals surface area (Å²) >= 11 is 0. The van der Waals surface area contributed by atoms with Crippen molar-refractivity contribution in [3.05, 3.63) is 28.0 Å². The largest absolute Gasteiger partial charge is 0.442 e. The van der Waals surface area contributed by atoms with Crippen molar-refractivity contribution in [3.63, 3.8) is 0 Å². The Hall–Kier alpha value is -2.00. The number of nitrogens with two attached hydrogens (primary N) is 1. The van der Waals surface area contributed by atoms with Gasteiger partial charge in [0.2, 0.25) is 5.71 Å². The zero-order valence-corrected chi connectivity index (χ0v) is 12.7. The van der Waals surface area contributed by atoms with Crippen LogP contribution in [-0.4, -0.2) is 34.5 Å². The van der Waals surface area contributed by atoms with E-state index >= 15 is 0 Å². The van der Waals surface area contributed by atoms with E-state index in [1.54, 1.807) is 0 Å². The maximum atomic E-state index is 13.1. The van der Waals surface area contributed by atoms with Crippen molar-refractivity contribution >= 4 is 29.4 Å². The van der Waals surface area contributed by atoms with Crippen LogP contribution < -0.4 is 16.6 Å². The van der Waals surface area contributed by atoms with Gasteiger partial charge >= 0.3 is 0 Å². The number of aryl methyl sites for hydroxylation is 2. The number of rotatable bonds is 4. The first-order valence-electron chi connectivity index (χ1n) is 6.07. The van der Waals surface area contributed by atoms with Crippen molar-refractivity contribution in [1.29, 1.82) is 0 Å². The molecule has 122 valence electrons. The Morgan fingerprint density at radius 1 is 1.55 bits per heavy atom. The molecule has 0 spiro atoms. The number of carbonyl (C=O) groups excluding carboxylic acids is 1. The van der Waals surface area contributed by atoms with Crippen LogP contribution in [0.1, 0.15) is 16.1 Å². The molecule has 2 heterocycles. The second-order valence-corrected chi connectivity index (χ2v) is 4.62. The van der Waals surface area contributed by atoms with Crippen molar-refractivity contribution in [2.24, 2.45) is 12.8 Å². The van der Waals surface area contributed by atoms with E-state index in [1.807, 2.05) is 0 Å². The molecule has 0 radical (unpaired) electrons. The third-order valence-electron chi connectivity index (χ3n) is 2.98. The molecular formula is C12H15ClF2N4O3. The highest BCUT2D eigenvalue weighted by Gasteiger charge is 2.29. The van der Waals surface area contributed by atoms with E-state index in [0.717, 1.165) is 0 Å². The van der Waals surface area contributed by atoms with Gasteiger partial charge < -0.3 is 20.0 Å². The maximum Gasteiger partial charge on any atom is 0.277 e. The van der Waals surface area contributed by atoms with Crippen LogP contribution in [0.25, 0.3) is 11.1 Å². The first kappa shape index (κ1) is 18.1. The first-order valence-corrected chi connectivity index (χ1v) is 6.07. The van der Waals surface area contributed by atoms with Gasteiger partial charge in [0.15, 0.2) is 0 Å². The fraction of sp³-hybridized carbons (Fsp3) is 0.417. The Bertz CT molecular complexity index is 757. The van der Waals surface area contributed by atoms with Gasteiger partial charge in [0.1, 0.15) is 17.5 Å². The molecular weight excluding hydrogens is 322 g/mol. The Balaban J connectivity index is 0.00000242. The summed E-state index contributed by atoms with van der Waals surface area (Å²) in [5, 5.41) is 2.02. The number of hydrogen-bond acceptors (Lipinski definition) is 5. The molecule has 0 saturated carbocycles. The number of nitrogens with one attached hydrogen (secondary N) is 1. The molecule has 10 heteroatoms. The molecule has 0 aromatic carbocycles. The quantitative estimate of drug-likeness (QED) is 0.850. The summed E-state index contributed by atoms with van der Waals surface area (Å²) in [5.74, 6) is -3.91. The van der Waals surface area contributed by atoms with E-state index < -0.39 is 30.5 Å². The molecule has 0 fully saturated rings. The van der Waals surface area contributed by atoms with E-state index in [9.17, 15) is 18.4 Å². The molecule has 2 rings (SSSR count). The minimum absolute atomic E-state index is 0. The van der Waals surface area contributed by atoms with Crippen LogP contribution >= 0.6 is 12.4 Å². The predicted octanol–water partition coefficient (Wildman–Crippen LogP) is 0.581. The van der Waals surface area contributed by atoms with Gasteiger partial charge in [-0.25, -0.2) is 13.8 Å². The molecule has 1 amide bonds. The van der Waals surface area contributed by atoms with E-state index in [0.29, 0.717) is 0 Å². The van der Waals surface area contributed by atoms with Crippen LogP contribution in [0.3, 0.4) is 0 Å². The zero-order valence-electron chi connectivity index (χ0n) is 11.9. The predicted molar refractivity (Wildman–Crippen MR) is 77.6 cm³/mol. The number of halogens is 3. The molecule has 3 N–H and O–H groups in total. The molecule has 0 aliphatic rings. The molecule has 22 heavy (non-hydrogen) atoms. The van der Waals surface area contributed by atoms with Gasteiger partial charge in [-0.15, -0.1) is 12.4 Å². The maximum absolute atomic E-state index is 13.1. The third kappa shape index (κ3) is 3.25. The molecule has 0 aliphatic carbocycles. The van der Waals surface area contributed by atoms with Crippen LogP contribution in [0.4, 0.5) is 8.78 Å². The fourth-order valence-electron chi connectivity index (χ4n) is 1.83. The zero-order chi connectivity index (χ0) is 15.8. The second-order valence-electron chi connectivity index (χ2n) is 4.62. The number of carbonyl (C=O) groups is 1. The van der Waals surface area contributed by atoms with Crippen LogP contribution in [0, 0.1) is 6.92 Å². The van der Waals surface area contributed by atoms with E-state index in [4.69, 9.17) is 10.2 Å². The Morgan fingerprint density at radius 2 is 2.18 bits per heavy atom. The highest BCUT2D eigenvalue weighted by Crippen LogP contribution is 2.21. The summed E-state index contributed by atoms with van der Waals surface area (Å²) in [4.78, 5) is 28.0. The standard InChI is InChI=1S/C12H14F2N4O3.ClH/c1-6-7(9(19)16-4-12(13,14)3-15)8-10(21-6)17-5-18(2)11(8)20;/h5H,3-4,15H2,1-2H3,(H,16,19);1H. The van der Waals surface area contributed by atoms with Crippen LogP contribution in [0.2, 0.25) is 0 Å². The average Bonchev–Trinajstić information content (AvgIpc) is 2.77. The molecule has 7 nitrogen and oxygen atoms in total. The van der Waals surface area contributed by atoms with Gasteiger partial charge in [-0.1, -0.05) is 0 Å². The van der Waals surface area contributed by atoms with Crippen molar-refractivity contribution in [2.45, 2.75) is 12.8 Å². The number of amides is 1. The summed E-state index contributed by atoms with van der Waals surface area (Å²) in [5.41, 5.74) is 4.30. The average molecular weight is 337 g/mol. The summed E-state index contributed by atoms with van der Waals surface area (Å²) in [6.07, 6.45) is 1.25. The minimum atomic E-state index is -3.22. The fourth-order valence-corrected chi connectivity index (χ4v) is 1.83. The van der Waals surface area contributed by atoms with Crippen molar-refractivity contribution in [1.82, 2.24) is 14.9 Å². The highest BCUT2D eigenvalue weighted by atomic mass is 35.5. The third-order valence-corrected chi connectivity index (χ3v) is 2.98. The summed E-state index contributed by atoms with van der Waals surface area (Å²) in [7, 11) is 1.46. The number of fused-ring (bicyclic) bond motifs is 1. The van der Waals surface area contributed by atoms with Gasteiger partial charge in [-0.2, -0.15) is 0 Å². The number of furan rings is 1. The lowest BCUT2D eigenvalue weighted by Gasteiger charge is -2.14. The monoisotopic (exact) mass is 336 g/mol. The first-order chi connectivity index (χ1) is 9.76. The number of nitrogens with zero attached hydrogens (tertiary/aromatic N) is 2. The Morgan fingerprint density at radius 3 is 2.77 bits per heavy atom. The number of alkyl halides is 2. The van der Waals surface area contributed by atoms with Crippen LogP contribution in [0.15, 0.2) is 15.5 Å². The normalized spacial score (nSPS) is 11.3. The smallest absolute Gasteiger partial charge is 0.277 e. The summed E-state index contributed by atoms with van der Waals surface area (Å²) < 4.78 is 32.5. The van der Waals surface area contributed by atoms with E-state index in [-0.39, 0.29) is 34.8 Å². The summed E-state index contributed by atoms with van der Waals surface area (Å²) in [6.45, 7) is -0.353. The Kier molecular flexibility index (Phi) is 5.26. The number of hydrogen-bond donors (Lipinski definition) is 2. The van der Waals surface area contributed by atoms with Gasteiger partial charge in [0.05, 0.1) is 18.7 Å². The van der Waals surface area contributed by atoms with Gasteiger partial charge in [-0.05, 0) is 6.92 Å². The topological polar surface area (TPSA) is 103 Å². The summed E-state index contributed by atoms with van der Waals surface area (Å²) in [6, 6.07) is 0. The van der Waals surface area contributed by atoms with E-state index in [2.05, 4.69) is 10.3 Å². The number of aromatic nitrogens is 2. The van der Waals surface area contributed by atoms with Crippen molar-refractivity contribution < 1.29 is 18.0 Å². The lowest BCUT2D eigenvalue weighted by Crippen LogP contribution is -2.41. The van der Waals surface area contributed by atoms with Gasteiger partial charge in [-0.3, -0.25) is 9.59 Å². The molecule has 0 bridgehead atoms. The van der Waals surface area contributed by atoms with Crippen molar-refractivity contribution in [3.8, 4) is 0 Å².